The highest BCUT2D eigenvalue weighted by atomic mass is 35.5. The molecule has 1 aliphatic heterocycles. The zero-order valence-corrected chi connectivity index (χ0v) is 17.7. The van der Waals surface area contributed by atoms with E-state index in [0.717, 1.165) is 60.4 Å². The molecule has 2 aromatic heterocycles. The van der Waals surface area contributed by atoms with Crippen LogP contribution in [0.3, 0.4) is 0 Å². The number of nitrogens with zero attached hydrogens (tertiary/aromatic N) is 4. The second-order valence-electron chi connectivity index (χ2n) is 7.07. The van der Waals surface area contributed by atoms with Crippen molar-refractivity contribution in [3.63, 3.8) is 0 Å². The Morgan fingerprint density at radius 2 is 2.07 bits per heavy atom. The van der Waals surface area contributed by atoms with Gasteiger partial charge in [0.05, 0.1) is 23.5 Å². The minimum Gasteiger partial charge on any atom is -0.367 e. The highest BCUT2D eigenvalue weighted by Gasteiger charge is 2.20. The largest absolute Gasteiger partial charge is 0.367 e. The van der Waals surface area contributed by atoms with Crippen LogP contribution in [0.15, 0.2) is 29.8 Å². The van der Waals surface area contributed by atoms with Gasteiger partial charge in [-0.25, -0.2) is 4.98 Å². The third-order valence-electron chi connectivity index (χ3n) is 5.14. The second-order valence-corrected chi connectivity index (χ2v) is 8.34. The average Bonchev–Trinajstić information content (AvgIpc) is 3.22. The fourth-order valence-corrected chi connectivity index (χ4v) is 4.71. The number of piperazine rings is 1. The summed E-state index contributed by atoms with van der Waals surface area (Å²) < 4.78 is 1.99. The summed E-state index contributed by atoms with van der Waals surface area (Å²) in [5, 5.41) is 5.69. The number of imidazole rings is 1. The molecule has 0 atom stereocenters. The smallest absolute Gasteiger partial charge is 0.230 e. The SMILES string of the molecule is CCN1CCN(c2ccc(Cl)cc2NC(=O)Cc2csc3nc(C)cn23)CC1. The standard InChI is InChI=1S/C20H24ClN5OS/c1-3-24-6-8-25(9-7-24)18-5-4-15(21)10-17(18)23-19(27)11-16-13-28-20-22-14(2)12-26(16)20/h4-5,10,12-13H,3,6-9,11H2,1-2H3,(H,23,27). The average molecular weight is 418 g/mol. The van der Waals surface area contributed by atoms with E-state index in [9.17, 15) is 4.79 Å². The van der Waals surface area contributed by atoms with E-state index >= 15 is 0 Å². The normalized spacial score (nSPS) is 15.3. The molecule has 1 fully saturated rings. The van der Waals surface area contributed by atoms with Crippen molar-refractivity contribution in [3.05, 3.63) is 46.2 Å². The lowest BCUT2D eigenvalue weighted by Crippen LogP contribution is -2.46. The third kappa shape index (κ3) is 4.01. The van der Waals surface area contributed by atoms with Gasteiger partial charge in [0.15, 0.2) is 4.96 Å². The number of likely N-dealkylation sites (N-methyl/N-ethyl adjacent to an activating group) is 1. The Hall–Kier alpha value is -2.09. The summed E-state index contributed by atoms with van der Waals surface area (Å²) in [7, 11) is 0. The van der Waals surface area contributed by atoms with Crippen molar-refractivity contribution < 1.29 is 4.79 Å². The molecular weight excluding hydrogens is 394 g/mol. The van der Waals surface area contributed by atoms with Crippen LogP contribution in [0.25, 0.3) is 4.96 Å². The Bertz CT molecular complexity index is 990. The number of carbonyl (C=O) groups is 1. The molecule has 8 heteroatoms. The van der Waals surface area contributed by atoms with E-state index in [4.69, 9.17) is 11.6 Å². The number of halogens is 1. The number of thiazole rings is 1. The number of aryl methyl sites for hydroxylation is 1. The number of rotatable bonds is 5. The first-order valence-electron chi connectivity index (χ1n) is 9.52. The first kappa shape index (κ1) is 19.2. The number of fused-ring (bicyclic) bond motifs is 1. The Morgan fingerprint density at radius 1 is 1.29 bits per heavy atom. The summed E-state index contributed by atoms with van der Waals surface area (Å²) in [4.78, 5) is 22.9. The van der Waals surface area contributed by atoms with E-state index in [0.29, 0.717) is 11.4 Å². The van der Waals surface area contributed by atoms with Crippen LogP contribution in [0, 0.1) is 6.92 Å². The summed E-state index contributed by atoms with van der Waals surface area (Å²) in [5.74, 6) is -0.0539. The van der Waals surface area contributed by atoms with Gasteiger partial charge < -0.3 is 15.1 Å². The van der Waals surface area contributed by atoms with Crippen molar-refractivity contribution in [2.45, 2.75) is 20.3 Å². The maximum absolute atomic E-state index is 12.8. The van der Waals surface area contributed by atoms with Crippen molar-refractivity contribution in [1.82, 2.24) is 14.3 Å². The predicted octanol–water partition coefficient (Wildman–Crippen LogP) is 3.68. The first-order valence-corrected chi connectivity index (χ1v) is 10.8. The molecule has 4 rings (SSSR count). The third-order valence-corrected chi connectivity index (χ3v) is 6.26. The Balaban J connectivity index is 1.50. The van der Waals surface area contributed by atoms with E-state index in [1.54, 1.807) is 11.3 Å². The molecule has 1 aliphatic rings. The zero-order chi connectivity index (χ0) is 19.7. The minimum atomic E-state index is -0.0539. The van der Waals surface area contributed by atoms with E-state index in [1.165, 1.54) is 0 Å². The number of aromatic nitrogens is 2. The number of anilines is 2. The van der Waals surface area contributed by atoms with Gasteiger partial charge in [0.2, 0.25) is 5.91 Å². The van der Waals surface area contributed by atoms with Crippen LogP contribution in [-0.2, 0) is 11.2 Å². The predicted molar refractivity (Wildman–Crippen MR) is 116 cm³/mol. The number of nitrogens with one attached hydrogen (secondary N) is 1. The number of hydrogen-bond donors (Lipinski definition) is 1. The van der Waals surface area contributed by atoms with E-state index < -0.39 is 0 Å². The van der Waals surface area contributed by atoms with Gasteiger partial charge in [0.1, 0.15) is 0 Å². The molecule has 0 bridgehead atoms. The summed E-state index contributed by atoms with van der Waals surface area (Å²) in [6.45, 7) is 9.15. The molecule has 1 N–H and O–H groups in total. The second kappa shape index (κ2) is 8.11. The van der Waals surface area contributed by atoms with Crippen molar-refractivity contribution in [2.24, 2.45) is 0 Å². The molecule has 3 aromatic rings. The monoisotopic (exact) mass is 417 g/mol. The molecule has 3 heterocycles. The molecule has 1 saturated heterocycles. The van der Waals surface area contributed by atoms with Gasteiger partial charge in [-0.3, -0.25) is 9.20 Å². The first-order chi connectivity index (χ1) is 13.5. The van der Waals surface area contributed by atoms with Crippen LogP contribution in [0.2, 0.25) is 5.02 Å². The van der Waals surface area contributed by atoms with Crippen molar-refractivity contribution in [1.29, 1.82) is 0 Å². The van der Waals surface area contributed by atoms with Crippen LogP contribution < -0.4 is 10.2 Å². The van der Waals surface area contributed by atoms with Gasteiger partial charge >= 0.3 is 0 Å². The van der Waals surface area contributed by atoms with E-state index in [2.05, 4.69) is 27.0 Å². The fraction of sp³-hybridized carbons (Fsp3) is 0.400. The molecule has 28 heavy (non-hydrogen) atoms. The summed E-state index contributed by atoms with van der Waals surface area (Å²) >= 11 is 7.77. The molecule has 1 amide bonds. The topological polar surface area (TPSA) is 52.9 Å². The van der Waals surface area contributed by atoms with Crippen LogP contribution in [0.4, 0.5) is 11.4 Å². The maximum atomic E-state index is 12.8. The Morgan fingerprint density at radius 3 is 2.82 bits per heavy atom. The molecule has 0 radical (unpaired) electrons. The van der Waals surface area contributed by atoms with Crippen molar-refractivity contribution in [2.75, 3.05) is 42.9 Å². The van der Waals surface area contributed by atoms with Gasteiger partial charge in [0, 0.05) is 48.5 Å². The van der Waals surface area contributed by atoms with Gasteiger partial charge in [-0.15, -0.1) is 11.3 Å². The van der Waals surface area contributed by atoms with Crippen molar-refractivity contribution >= 4 is 45.2 Å². The summed E-state index contributed by atoms with van der Waals surface area (Å²) in [6.07, 6.45) is 2.26. The lowest BCUT2D eigenvalue weighted by Gasteiger charge is -2.36. The number of carbonyl (C=O) groups excluding carboxylic acids is 1. The van der Waals surface area contributed by atoms with Gasteiger partial charge in [-0.1, -0.05) is 18.5 Å². The lowest BCUT2D eigenvalue weighted by atomic mass is 10.2. The van der Waals surface area contributed by atoms with Gasteiger partial charge in [-0.2, -0.15) is 0 Å². The molecule has 0 saturated carbocycles. The summed E-state index contributed by atoms with van der Waals surface area (Å²) in [5.41, 5.74) is 3.70. The highest BCUT2D eigenvalue weighted by Crippen LogP contribution is 2.30. The summed E-state index contributed by atoms with van der Waals surface area (Å²) in [6, 6.07) is 5.72. The van der Waals surface area contributed by atoms with Crippen LogP contribution >= 0.6 is 22.9 Å². The van der Waals surface area contributed by atoms with Crippen LogP contribution in [-0.4, -0.2) is 52.9 Å². The molecule has 148 valence electrons. The molecule has 0 unspecified atom stereocenters. The Kier molecular flexibility index (Phi) is 5.57. The molecular formula is C20H24ClN5OS. The fourth-order valence-electron chi connectivity index (χ4n) is 3.62. The van der Waals surface area contributed by atoms with Crippen LogP contribution in [0.5, 0.6) is 0 Å². The molecule has 6 nitrogen and oxygen atoms in total. The maximum Gasteiger partial charge on any atom is 0.230 e. The number of benzene rings is 1. The minimum absolute atomic E-state index is 0.0539. The van der Waals surface area contributed by atoms with E-state index in [1.807, 2.05) is 41.1 Å². The lowest BCUT2D eigenvalue weighted by molar-refractivity contribution is -0.115. The van der Waals surface area contributed by atoms with Gasteiger partial charge in [-0.05, 0) is 31.7 Å². The molecule has 0 spiro atoms. The number of hydrogen-bond acceptors (Lipinski definition) is 5. The van der Waals surface area contributed by atoms with Crippen LogP contribution in [0.1, 0.15) is 18.3 Å². The van der Waals surface area contributed by atoms with Crippen molar-refractivity contribution in [3.8, 4) is 0 Å². The highest BCUT2D eigenvalue weighted by molar-refractivity contribution is 7.15. The van der Waals surface area contributed by atoms with E-state index in [-0.39, 0.29) is 5.91 Å². The zero-order valence-electron chi connectivity index (χ0n) is 16.1. The molecule has 0 aliphatic carbocycles. The van der Waals surface area contributed by atoms with Gasteiger partial charge in [0.25, 0.3) is 0 Å². The Labute approximate surface area is 173 Å². The quantitative estimate of drug-likeness (QED) is 0.688. The molecule has 1 aromatic carbocycles. The number of amides is 1.